The topological polar surface area (TPSA) is 131 Å². The second-order valence-corrected chi connectivity index (χ2v) is 9.64. The van der Waals surface area contributed by atoms with Crippen LogP contribution in [0.5, 0.6) is 0 Å². The van der Waals surface area contributed by atoms with Gasteiger partial charge in [-0.1, -0.05) is 12.1 Å². The number of nitrogens with zero attached hydrogens (tertiary/aromatic N) is 6. The molecule has 0 fully saturated rings. The molecule has 5 aromatic rings. The molecule has 0 saturated carbocycles. The summed E-state index contributed by atoms with van der Waals surface area (Å²) in [6.07, 6.45) is 2.89. The summed E-state index contributed by atoms with van der Waals surface area (Å²) in [4.78, 5) is 13.9. The lowest BCUT2D eigenvalue weighted by atomic mass is 10.1. The molecule has 0 saturated heterocycles. The molecule has 10 nitrogen and oxygen atoms in total. The summed E-state index contributed by atoms with van der Waals surface area (Å²) in [5, 5.41) is 14.9. The number of sulfone groups is 1. The Kier molecular flexibility index (Phi) is 4.90. The summed E-state index contributed by atoms with van der Waals surface area (Å²) < 4.78 is 25.7. The summed E-state index contributed by atoms with van der Waals surface area (Å²) in [5.74, 6) is 1.76. The van der Waals surface area contributed by atoms with Gasteiger partial charge in [0.2, 0.25) is 0 Å². The number of aromatic nitrogens is 7. The van der Waals surface area contributed by atoms with Gasteiger partial charge >= 0.3 is 0 Å². The van der Waals surface area contributed by atoms with E-state index in [4.69, 9.17) is 10.1 Å². The van der Waals surface area contributed by atoms with Crippen LogP contribution in [0.3, 0.4) is 0 Å². The molecule has 0 spiro atoms. The molecule has 166 valence electrons. The average Bonchev–Trinajstić information content (AvgIpc) is 3.39. The van der Waals surface area contributed by atoms with Crippen molar-refractivity contribution >= 4 is 27.1 Å². The molecule has 0 atom stereocenters. The van der Waals surface area contributed by atoms with Crippen molar-refractivity contribution < 1.29 is 8.42 Å². The first kappa shape index (κ1) is 20.8. The predicted octanol–water partition coefficient (Wildman–Crippen LogP) is 3.34. The lowest BCUT2D eigenvalue weighted by Gasteiger charge is -2.08. The third-order valence-electron chi connectivity index (χ3n) is 4.99. The number of nitrogens with one attached hydrogen (secondary N) is 2. The highest BCUT2D eigenvalue weighted by molar-refractivity contribution is 7.90. The highest BCUT2D eigenvalue weighted by Gasteiger charge is 2.19. The Hall–Kier alpha value is -4.12. The molecule has 2 N–H and O–H groups in total. The van der Waals surface area contributed by atoms with E-state index < -0.39 is 9.84 Å². The quantitative estimate of drug-likeness (QED) is 0.408. The number of hydrogen-bond acceptors (Lipinski definition) is 8. The highest BCUT2D eigenvalue weighted by atomic mass is 32.2. The number of imidazole rings is 1. The fourth-order valence-corrected chi connectivity index (χ4v) is 4.25. The number of anilines is 2. The van der Waals surface area contributed by atoms with Gasteiger partial charge in [-0.25, -0.2) is 27.9 Å². The zero-order chi connectivity index (χ0) is 23.2. The van der Waals surface area contributed by atoms with Crippen LogP contribution in [0, 0.1) is 13.8 Å². The number of aromatic amines is 1. The molecule has 0 aliphatic carbocycles. The van der Waals surface area contributed by atoms with Crippen molar-refractivity contribution in [1.82, 2.24) is 34.8 Å². The zero-order valence-electron chi connectivity index (χ0n) is 18.1. The van der Waals surface area contributed by atoms with Gasteiger partial charge in [0.05, 0.1) is 16.3 Å². The van der Waals surface area contributed by atoms with E-state index in [1.54, 1.807) is 35.0 Å². The first-order valence-electron chi connectivity index (χ1n) is 10.1. The Balaban J connectivity index is 1.72. The summed E-state index contributed by atoms with van der Waals surface area (Å²) in [6.45, 7) is 3.73. The molecule has 11 heteroatoms. The van der Waals surface area contributed by atoms with Crippen LogP contribution in [0.25, 0.3) is 28.3 Å². The minimum absolute atomic E-state index is 0.232. The van der Waals surface area contributed by atoms with Gasteiger partial charge in [0, 0.05) is 29.8 Å². The fraction of sp³-hybridized carbons (Fsp3) is 0.136. The fourth-order valence-electron chi connectivity index (χ4n) is 3.58. The maximum absolute atomic E-state index is 12.0. The van der Waals surface area contributed by atoms with E-state index >= 15 is 0 Å². The van der Waals surface area contributed by atoms with Crippen LogP contribution in [-0.2, 0) is 9.84 Å². The van der Waals surface area contributed by atoms with E-state index in [1.807, 2.05) is 38.1 Å². The van der Waals surface area contributed by atoms with E-state index in [0.717, 1.165) is 5.69 Å². The molecule has 0 bridgehead atoms. The van der Waals surface area contributed by atoms with Crippen molar-refractivity contribution in [1.29, 1.82) is 0 Å². The number of H-pyrrole nitrogens is 1. The number of rotatable bonds is 5. The van der Waals surface area contributed by atoms with E-state index in [2.05, 4.69) is 25.5 Å². The number of aryl methyl sites for hydroxylation is 2. The second-order valence-electron chi connectivity index (χ2n) is 7.62. The van der Waals surface area contributed by atoms with Crippen LogP contribution in [0.4, 0.5) is 11.6 Å². The monoisotopic (exact) mass is 460 g/mol. The van der Waals surface area contributed by atoms with E-state index in [1.165, 1.54) is 6.26 Å². The second kappa shape index (κ2) is 7.78. The van der Waals surface area contributed by atoms with E-state index in [0.29, 0.717) is 45.8 Å². The maximum Gasteiger partial charge on any atom is 0.175 e. The van der Waals surface area contributed by atoms with Crippen molar-refractivity contribution in [2.24, 2.45) is 0 Å². The molecule has 0 unspecified atom stereocenters. The normalized spacial score (nSPS) is 11.7. The van der Waals surface area contributed by atoms with Crippen LogP contribution in [-0.4, -0.2) is 49.4 Å². The van der Waals surface area contributed by atoms with Crippen molar-refractivity contribution in [2.45, 2.75) is 18.7 Å². The molecule has 0 amide bonds. The van der Waals surface area contributed by atoms with E-state index in [9.17, 15) is 8.42 Å². The van der Waals surface area contributed by atoms with Crippen LogP contribution in [0.2, 0.25) is 0 Å². The van der Waals surface area contributed by atoms with Crippen molar-refractivity contribution in [2.75, 3.05) is 11.6 Å². The van der Waals surface area contributed by atoms with Crippen LogP contribution < -0.4 is 5.32 Å². The minimum Gasteiger partial charge on any atom is -0.322 e. The predicted molar refractivity (Wildman–Crippen MR) is 124 cm³/mol. The first-order chi connectivity index (χ1) is 15.8. The summed E-state index contributed by atoms with van der Waals surface area (Å²) in [6, 6.07) is 14.0. The Morgan fingerprint density at radius 1 is 0.970 bits per heavy atom. The first-order valence-corrected chi connectivity index (χ1v) is 12.0. The summed E-state index contributed by atoms with van der Waals surface area (Å²) >= 11 is 0. The molecule has 0 aliphatic heterocycles. The van der Waals surface area contributed by atoms with Gasteiger partial charge in [0.25, 0.3) is 0 Å². The summed E-state index contributed by atoms with van der Waals surface area (Å²) in [7, 11) is -3.35. The zero-order valence-corrected chi connectivity index (χ0v) is 18.9. The molecule has 5 rings (SSSR count). The third kappa shape index (κ3) is 4.05. The molecule has 0 radical (unpaired) electrons. The third-order valence-corrected chi connectivity index (χ3v) is 6.10. The SMILES string of the molecule is Cc1cc(-c2c(Nc3cc[nH]n3)nc3ccc(-c4cccc(S(C)(=O)=O)c4)nn23)nc(C)n1. The van der Waals surface area contributed by atoms with Crippen LogP contribution >= 0.6 is 0 Å². The Morgan fingerprint density at radius 2 is 1.82 bits per heavy atom. The molecular formula is C22H20N8O2S. The van der Waals surface area contributed by atoms with Gasteiger partial charge in [0.1, 0.15) is 11.5 Å². The van der Waals surface area contributed by atoms with Crippen molar-refractivity contribution in [3.8, 4) is 22.6 Å². The standard InChI is InChI=1S/C22H20N8O2S/c1-13-11-18(25-14(2)24-13)21-22(26-19-9-10-23-28-19)27-20-8-7-17(29-30(20)21)15-5-4-6-16(12-15)33(3,31)32/h4-12H,1-3H3,(H2,23,26,28). The van der Waals surface area contributed by atoms with Crippen molar-refractivity contribution in [3.63, 3.8) is 0 Å². The maximum atomic E-state index is 12.0. The Morgan fingerprint density at radius 3 is 2.55 bits per heavy atom. The van der Waals surface area contributed by atoms with Crippen molar-refractivity contribution in [3.05, 3.63) is 66.2 Å². The van der Waals surface area contributed by atoms with Gasteiger partial charge < -0.3 is 5.32 Å². The molecule has 4 heterocycles. The smallest absolute Gasteiger partial charge is 0.175 e. The van der Waals surface area contributed by atoms with Gasteiger partial charge in [-0.2, -0.15) is 10.2 Å². The number of hydrogen-bond donors (Lipinski definition) is 2. The van der Waals surface area contributed by atoms with Gasteiger partial charge in [-0.05, 0) is 44.2 Å². The van der Waals surface area contributed by atoms with Gasteiger partial charge in [0.15, 0.2) is 27.1 Å². The van der Waals surface area contributed by atoms with Crippen LogP contribution in [0.1, 0.15) is 11.5 Å². The van der Waals surface area contributed by atoms with Crippen LogP contribution in [0.15, 0.2) is 59.6 Å². The van der Waals surface area contributed by atoms with Gasteiger partial charge in [-0.3, -0.25) is 5.10 Å². The molecule has 33 heavy (non-hydrogen) atoms. The minimum atomic E-state index is -3.35. The number of fused-ring (bicyclic) bond motifs is 1. The Labute approximate surface area is 189 Å². The van der Waals surface area contributed by atoms with E-state index in [-0.39, 0.29) is 4.90 Å². The number of benzene rings is 1. The summed E-state index contributed by atoms with van der Waals surface area (Å²) in [5.41, 5.74) is 3.98. The van der Waals surface area contributed by atoms with Gasteiger partial charge in [-0.15, -0.1) is 0 Å². The highest BCUT2D eigenvalue weighted by Crippen LogP contribution is 2.31. The molecular weight excluding hydrogens is 440 g/mol. The largest absolute Gasteiger partial charge is 0.322 e. The molecule has 0 aliphatic rings. The molecule has 4 aromatic heterocycles. The lowest BCUT2D eigenvalue weighted by Crippen LogP contribution is -2.02. The molecule has 1 aromatic carbocycles. The lowest BCUT2D eigenvalue weighted by molar-refractivity contribution is 0.602. The Bertz CT molecular complexity index is 1570. The average molecular weight is 461 g/mol.